The monoisotopic (exact) mass is 400 g/mol. The van der Waals surface area contributed by atoms with Gasteiger partial charge in [-0.1, -0.05) is 19.3 Å². The maximum Gasteiger partial charge on any atom is 0.330 e. The summed E-state index contributed by atoms with van der Waals surface area (Å²) < 4.78 is 8.74. The third-order valence-electron chi connectivity index (χ3n) is 6.54. The van der Waals surface area contributed by atoms with Gasteiger partial charge in [-0.3, -0.25) is 13.9 Å². The number of amides is 1. The number of nitrogens with zero attached hydrogens (tertiary/aromatic N) is 4. The fourth-order valence-electron chi connectivity index (χ4n) is 5.00. The maximum atomic E-state index is 13.2. The van der Waals surface area contributed by atoms with E-state index < -0.39 is 0 Å². The molecule has 2 aliphatic rings. The van der Waals surface area contributed by atoms with Crippen LogP contribution in [0.1, 0.15) is 57.4 Å². The molecule has 1 atom stereocenters. The number of hydrogen-bond acceptors (Lipinski definition) is 4. The molecule has 1 saturated carbocycles. The second-order valence-electron chi connectivity index (χ2n) is 8.49. The number of carbonyl (C=O) groups excluding carboxylic acids is 1. The molecule has 1 saturated heterocycles. The van der Waals surface area contributed by atoms with E-state index in [1.807, 2.05) is 21.6 Å². The van der Waals surface area contributed by atoms with Crippen molar-refractivity contribution in [1.29, 1.82) is 0 Å². The van der Waals surface area contributed by atoms with Gasteiger partial charge in [-0.15, -0.1) is 0 Å². The summed E-state index contributed by atoms with van der Waals surface area (Å²) >= 11 is 0. The lowest BCUT2D eigenvalue weighted by Crippen LogP contribution is -2.43. The zero-order valence-electron chi connectivity index (χ0n) is 17.4. The topological polar surface area (TPSA) is 69.4 Å². The molecule has 1 aliphatic heterocycles. The van der Waals surface area contributed by atoms with Crippen molar-refractivity contribution in [2.45, 2.75) is 64.0 Å². The predicted octanol–water partition coefficient (Wildman–Crippen LogP) is 2.98. The lowest BCUT2D eigenvalue weighted by Gasteiger charge is -2.34. The van der Waals surface area contributed by atoms with Crippen LogP contribution in [0.4, 0.5) is 0 Å². The van der Waals surface area contributed by atoms with E-state index in [0.717, 1.165) is 24.9 Å². The van der Waals surface area contributed by atoms with Crippen molar-refractivity contribution in [3.8, 4) is 0 Å². The number of pyridine rings is 1. The summed E-state index contributed by atoms with van der Waals surface area (Å²) in [7, 11) is 1.64. The maximum absolute atomic E-state index is 13.2. The minimum atomic E-state index is -0.0534. The molecule has 0 aromatic carbocycles. The standard InChI is InChI=1S/C22H32N4O3/c1-29-14-13-25-19-10-5-11-23-21(19)26(22(25)28)18-9-6-12-24(16-18)20(27)15-17-7-3-2-4-8-17/h5,10-11,17-18H,2-4,6-9,12-16H2,1H3/t18-/m0/s1. The highest BCUT2D eigenvalue weighted by atomic mass is 16.5. The zero-order valence-corrected chi connectivity index (χ0v) is 17.4. The summed E-state index contributed by atoms with van der Waals surface area (Å²) in [5, 5.41) is 0. The molecule has 0 unspecified atom stereocenters. The number of imidazole rings is 1. The van der Waals surface area contributed by atoms with Gasteiger partial charge in [0.2, 0.25) is 5.91 Å². The molecule has 7 nitrogen and oxygen atoms in total. The molecule has 1 amide bonds. The highest BCUT2D eigenvalue weighted by Crippen LogP contribution is 2.29. The summed E-state index contributed by atoms with van der Waals surface area (Å²) in [6.07, 6.45) is 10.4. The number of aromatic nitrogens is 3. The number of fused-ring (bicyclic) bond motifs is 1. The van der Waals surface area contributed by atoms with Crippen molar-refractivity contribution >= 4 is 17.1 Å². The van der Waals surface area contributed by atoms with Crippen LogP contribution in [0.3, 0.4) is 0 Å². The molecule has 1 aliphatic carbocycles. The number of piperidine rings is 1. The van der Waals surface area contributed by atoms with Crippen molar-refractivity contribution in [1.82, 2.24) is 19.0 Å². The molecular weight excluding hydrogens is 368 g/mol. The van der Waals surface area contributed by atoms with Crippen LogP contribution in [0.15, 0.2) is 23.1 Å². The fraction of sp³-hybridized carbons (Fsp3) is 0.682. The van der Waals surface area contributed by atoms with Gasteiger partial charge in [0.05, 0.1) is 24.7 Å². The van der Waals surface area contributed by atoms with Crippen molar-refractivity contribution in [3.05, 3.63) is 28.8 Å². The molecule has 0 radical (unpaired) electrons. The van der Waals surface area contributed by atoms with Crippen LogP contribution in [0, 0.1) is 5.92 Å². The van der Waals surface area contributed by atoms with Gasteiger partial charge in [0.1, 0.15) is 0 Å². The predicted molar refractivity (Wildman–Crippen MR) is 112 cm³/mol. The van der Waals surface area contributed by atoms with Crippen LogP contribution in [-0.4, -0.2) is 51.7 Å². The summed E-state index contributed by atoms with van der Waals surface area (Å²) in [6, 6.07) is 3.77. The number of rotatable bonds is 6. The van der Waals surface area contributed by atoms with Crippen LogP contribution in [0.25, 0.3) is 11.2 Å². The van der Waals surface area contributed by atoms with Gasteiger partial charge in [0.15, 0.2) is 5.65 Å². The van der Waals surface area contributed by atoms with Crippen LogP contribution in [0.5, 0.6) is 0 Å². The molecule has 0 spiro atoms. The van der Waals surface area contributed by atoms with Gasteiger partial charge in [-0.05, 0) is 43.7 Å². The molecule has 2 fully saturated rings. The first-order valence-electron chi connectivity index (χ1n) is 11.0. The van der Waals surface area contributed by atoms with Crippen LogP contribution in [-0.2, 0) is 16.1 Å². The van der Waals surface area contributed by atoms with Crippen LogP contribution < -0.4 is 5.69 Å². The Kier molecular flexibility index (Phi) is 6.33. The van der Waals surface area contributed by atoms with Gasteiger partial charge in [-0.25, -0.2) is 9.78 Å². The Morgan fingerprint density at radius 1 is 1.21 bits per heavy atom. The van der Waals surface area contributed by atoms with Crippen molar-refractivity contribution in [3.63, 3.8) is 0 Å². The summed E-state index contributed by atoms with van der Waals surface area (Å²) in [5.41, 5.74) is 1.49. The summed E-state index contributed by atoms with van der Waals surface area (Å²) in [6.45, 7) is 2.38. The molecule has 2 aromatic rings. The van der Waals surface area contributed by atoms with E-state index in [2.05, 4.69) is 4.98 Å². The van der Waals surface area contributed by atoms with Crippen molar-refractivity contribution in [2.75, 3.05) is 26.8 Å². The SMILES string of the molecule is COCCn1c(=O)n([C@H]2CCCN(C(=O)CC3CCCCC3)C2)c2ncccc21. The third kappa shape index (κ3) is 4.25. The molecule has 4 rings (SSSR count). The molecular formula is C22H32N4O3. The molecule has 158 valence electrons. The van der Waals surface area contributed by atoms with E-state index in [1.165, 1.54) is 32.1 Å². The smallest absolute Gasteiger partial charge is 0.330 e. The zero-order chi connectivity index (χ0) is 20.2. The molecule has 0 N–H and O–H groups in total. The summed E-state index contributed by atoms with van der Waals surface area (Å²) in [5.74, 6) is 0.794. The second-order valence-corrected chi connectivity index (χ2v) is 8.49. The first kappa shape index (κ1) is 20.1. The van der Waals surface area contributed by atoms with E-state index in [4.69, 9.17) is 4.74 Å². The first-order valence-corrected chi connectivity index (χ1v) is 11.0. The number of carbonyl (C=O) groups is 1. The lowest BCUT2D eigenvalue weighted by molar-refractivity contribution is -0.134. The van der Waals surface area contributed by atoms with Crippen molar-refractivity contribution in [2.24, 2.45) is 5.92 Å². The molecule has 0 bridgehead atoms. The Labute approximate surface area is 171 Å². The van der Waals surface area contributed by atoms with E-state index >= 15 is 0 Å². The summed E-state index contributed by atoms with van der Waals surface area (Å²) in [4.78, 5) is 32.6. The Hall–Kier alpha value is -2.15. The van der Waals surface area contributed by atoms with Gasteiger partial charge in [-0.2, -0.15) is 0 Å². The van der Waals surface area contributed by atoms with E-state index in [0.29, 0.717) is 37.7 Å². The second kappa shape index (κ2) is 9.11. The van der Waals surface area contributed by atoms with E-state index in [-0.39, 0.29) is 17.6 Å². The van der Waals surface area contributed by atoms with E-state index in [9.17, 15) is 9.59 Å². The minimum Gasteiger partial charge on any atom is -0.383 e. The highest BCUT2D eigenvalue weighted by Gasteiger charge is 2.29. The van der Waals surface area contributed by atoms with Crippen molar-refractivity contribution < 1.29 is 9.53 Å². The van der Waals surface area contributed by atoms with Gasteiger partial charge in [0.25, 0.3) is 0 Å². The largest absolute Gasteiger partial charge is 0.383 e. The molecule has 2 aromatic heterocycles. The minimum absolute atomic E-state index is 0.0206. The Morgan fingerprint density at radius 3 is 2.83 bits per heavy atom. The van der Waals surface area contributed by atoms with Gasteiger partial charge >= 0.3 is 5.69 Å². The Balaban J connectivity index is 1.55. The van der Waals surface area contributed by atoms with Gasteiger partial charge < -0.3 is 9.64 Å². The van der Waals surface area contributed by atoms with E-state index in [1.54, 1.807) is 17.9 Å². The number of likely N-dealkylation sites (tertiary alicyclic amines) is 1. The molecule has 29 heavy (non-hydrogen) atoms. The Morgan fingerprint density at radius 2 is 2.03 bits per heavy atom. The van der Waals surface area contributed by atoms with Crippen LogP contribution >= 0.6 is 0 Å². The number of methoxy groups -OCH3 is 1. The number of ether oxygens (including phenoxy) is 1. The normalized spacial score (nSPS) is 21.0. The van der Waals surface area contributed by atoms with Gasteiger partial charge in [0, 0.05) is 32.8 Å². The third-order valence-corrected chi connectivity index (χ3v) is 6.54. The highest BCUT2D eigenvalue weighted by molar-refractivity contribution is 5.76. The lowest BCUT2D eigenvalue weighted by atomic mass is 9.86. The van der Waals surface area contributed by atoms with Crippen LogP contribution in [0.2, 0.25) is 0 Å². The number of hydrogen-bond donors (Lipinski definition) is 0. The average molecular weight is 401 g/mol. The quantitative estimate of drug-likeness (QED) is 0.748. The molecule has 3 heterocycles. The molecule has 7 heteroatoms. The Bertz CT molecular complexity index is 897. The fourth-order valence-corrected chi connectivity index (χ4v) is 5.00. The first-order chi connectivity index (χ1) is 14.2. The average Bonchev–Trinajstić information content (AvgIpc) is 3.04.